The van der Waals surface area contributed by atoms with Crippen molar-refractivity contribution in [2.24, 2.45) is 0 Å². The van der Waals surface area contributed by atoms with Gasteiger partial charge in [0.25, 0.3) is 0 Å². The third-order valence-electron chi connectivity index (χ3n) is 2.04. The normalized spacial score (nSPS) is 17.1. The zero-order chi connectivity index (χ0) is 9.80. The maximum absolute atomic E-state index is 5.31. The Morgan fingerprint density at radius 3 is 2.50 bits per heavy atom. The van der Waals surface area contributed by atoms with Gasteiger partial charge < -0.3 is 4.74 Å². The molecule has 2 rings (SSSR count). The van der Waals surface area contributed by atoms with Crippen molar-refractivity contribution in [3.8, 4) is 0 Å². The lowest BCUT2D eigenvalue weighted by atomic mass is 10.1. The highest BCUT2D eigenvalue weighted by molar-refractivity contribution is 5.55. The summed E-state index contributed by atoms with van der Waals surface area (Å²) in [5.41, 5.74) is 2.43. The van der Waals surface area contributed by atoms with Crippen molar-refractivity contribution in [2.75, 3.05) is 0 Å². The number of hydrogen-bond donors (Lipinski definition) is 0. The van der Waals surface area contributed by atoms with Crippen LogP contribution in [0.4, 0.5) is 0 Å². The molecule has 1 aromatic rings. The van der Waals surface area contributed by atoms with Crippen LogP contribution in [0.25, 0.3) is 6.08 Å². The maximum Gasteiger partial charge on any atom is 0.127 e. The molecular weight excluding hydrogens is 172 g/mol. The van der Waals surface area contributed by atoms with Crippen LogP contribution >= 0.6 is 0 Å². The first-order chi connectivity index (χ1) is 6.84. The van der Waals surface area contributed by atoms with E-state index in [0.29, 0.717) is 0 Å². The molecule has 0 N–H and O–H groups in total. The summed E-state index contributed by atoms with van der Waals surface area (Å²) in [5, 5.41) is 0. The summed E-state index contributed by atoms with van der Waals surface area (Å²) in [6, 6.07) is 8.35. The molecule has 0 aliphatic carbocycles. The molecule has 0 saturated carbocycles. The van der Waals surface area contributed by atoms with Crippen LogP contribution in [-0.4, -0.2) is 0 Å². The van der Waals surface area contributed by atoms with Gasteiger partial charge in [-0.05, 0) is 30.7 Å². The average molecular weight is 184 g/mol. The molecule has 1 heterocycles. The van der Waals surface area contributed by atoms with Crippen molar-refractivity contribution < 1.29 is 4.74 Å². The molecule has 1 aliphatic rings. The van der Waals surface area contributed by atoms with Crippen LogP contribution in [0.3, 0.4) is 0 Å². The molecule has 1 aromatic carbocycles. The minimum absolute atomic E-state index is 0.872. The fourth-order valence-corrected chi connectivity index (χ4v) is 1.26. The summed E-state index contributed by atoms with van der Waals surface area (Å²) in [6.45, 7) is 2.08. The quantitative estimate of drug-likeness (QED) is 0.649. The Labute approximate surface area is 84.0 Å². The van der Waals surface area contributed by atoms with E-state index >= 15 is 0 Å². The van der Waals surface area contributed by atoms with E-state index in [9.17, 15) is 0 Å². The van der Waals surface area contributed by atoms with Crippen LogP contribution in [0.1, 0.15) is 11.1 Å². The molecule has 14 heavy (non-hydrogen) atoms. The van der Waals surface area contributed by atoms with E-state index in [1.807, 2.05) is 24.3 Å². The second-order valence-electron chi connectivity index (χ2n) is 3.26. The molecule has 0 spiro atoms. The lowest BCUT2D eigenvalue weighted by Crippen LogP contribution is -1.85. The number of rotatable bonds is 1. The summed E-state index contributed by atoms with van der Waals surface area (Å²) in [7, 11) is 0. The van der Waals surface area contributed by atoms with Gasteiger partial charge in [0.15, 0.2) is 0 Å². The van der Waals surface area contributed by atoms with Crippen molar-refractivity contribution >= 4 is 6.08 Å². The molecule has 70 valence electrons. The molecule has 0 amide bonds. The molecule has 0 aromatic heterocycles. The van der Waals surface area contributed by atoms with E-state index in [4.69, 9.17) is 4.74 Å². The van der Waals surface area contributed by atoms with Gasteiger partial charge in [0.2, 0.25) is 0 Å². The van der Waals surface area contributed by atoms with Gasteiger partial charge >= 0.3 is 0 Å². The molecule has 1 aliphatic heterocycles. The Hall–Kier alpha value is -1.76. The molecule has 0 fully saturated rings. The zero-order valence-corrected chi connectivity index (χ0v) is 8.10. The van der Waals surface area contributed by atoms with Gasteiger partial charge in [0.1, 0.15) is 5.76 Å². The van der Waals surface area contributed by atoms with Crippen molar-refractivity contribution in [1.29, 1.82) is 0 Å². The Kier molecular flexibility index (Phi) is 2.50. The van der Waals surface area contributed by atoms with Gasteiger partial charge in [0, 0.05) is 0 Å². The zero-order valence-electron chi connectivity index (χ0n) is 8.10. The Bertz CT molecular complexity index is 394. The second-order valence-corrected chi connectivity index (χ2v) is 3.26. The standard InChI is InChI=1S/C13H12O/c1-11-5-7-12(8-6-11)10-13-4-2-3-9-14-13/h2-10H,1H3. The number of allylic oxidation sites excluding steroid dienone is 3. The van der Waals surface area contributed by atoms with Gasteiger partial charge in [-0.25, -0.2) is 0 Å². The highest BCUT2D eigenvalue weighted by Crippen LogP contribution is 2.13. The maximum atomic E-state index is 5.31. The van der Waals surface area contributed by atoms with E-state index in [-0.39, 0.29) is 0 Å². The SMILES string of the molecule is Cc1ccc(C=C2C=CC=CO2)cc1. The summed E-state index contributed by atoms with van der Waals surface area (Å²) in [5.74, 6) is 0.872. The second kappa shape index (κ2) is 3.97. The minimum Gasteiger partial charge on any atom is -0.465 e. The third-order valence-corrected chi connectivity index (χ3v) is 2.04. The summed E-state index contributed by atoms with van der Waals surface area (Å²) in [6.07, 6.45) is 9.47. The lowest BCUT2D eigenvalue weighted by molar-refractivity contribution is 0.369. The van der Waals surface area contributed by atoms with E-state index < -0.39 is 0 Å². The van der Waals surface area contributed by atoms with E-state index in [0.717, 1.165) is 11.3 Å². The average Bonchev–Trinajstić information content (AvgIpc) is 2.23. The highest BCUT2D eigenvalue weighted by Gasteiger charge is 1.95. The van der Waals surface area contributed by atoms with Crippen LogP contribution in [0.15, 0.2) is 54.5 Å². The third kappa shape index (κ3) is 2.13. The monoisotopic (exact) mass is 184 g/mol. The van der Waals surface area contributed by atoms with Crippen molar-refractivity contribution in [1.82, 2.24) is 0 Å². The predicted molar refractivity (Wildman–Crippen MR) is 58.5 cm³/mol. The first kappa shape index (κ1) is 8.82. The van der Waals surface area contributed by atoms with Crippen LogP contribution < -0.4 is 0 Å². The largest absolute Gasteiger partial charge is 0.465 e. The Morgan fingerprint density at radius 2 is 1.86 bits per heavy atom. The highest BCUT2D eigenvalue weighted by atomic mass is 16.5. The number of hydrogen-bond acceptors (Lipinski definition) is 1. The summed E-state index contributed by atoms with van der Waals surface area (Å²) < 4.78 is 5.31. The Morgan fingerprint density at radius 1 is 1.07 bits per heavy atom. The summed E-state index contributed by atoms with van der Waals surface area (Å²) >= 11 is 0. The molecule has 0 bridgehead atoms. The minimum atomic E-state index is 0.872. The van der Waals surface area contributed by atoms with E-state index in [1.165, 1.54) is 5.56 Å². The lowest BCUT2D eigenvalue weighted by Gasteiger charge is -2.04. The molecule has 0 radical (unpaired) electrons. The van der Waals surface area contributed by atoms with Crippen LogP contribution in [-0.2, 0) is 4.74 Å². The first-order valence-electron chi connectivity index (χ1n) is 4.63. The molecule has 1 heteroatoms. The fraction of sp³-hybridized carbons (Fsp3) is 0.0769. The Balaban J connectivity index is 2.21. The number of ether oxygens (including phenoxy) is 1. The molecule has 0 unspecified atom stereocenters. The van der Waals surface area contributed by atoms with Gasteiger partial charge in [-0.15, -0.1) is 0 Å². The van der Waals surface area contributed by atoms with Gasteiger partial charge in [-0.1, -0.05) is 35.9 Å². The molecular formula is C13H12O. The molecule has 1 nitrogen and oxygen atoms in total. The predicted octanol–water partition coefficient (Wildman–Crippen LogP) is 3.44. The molecule has 0 atom stereocenters. The molecule has 0 saturated heterocycles. The topological polar surface area (TPSA) is 9.23 Å². The van der Waals surface area contributed by atoms with Crippen LogP contribution in [0, 0.1) is 6.92 Å². The number of benzene rings is 1. The fourth-order valence-electron chi connectivity index (χ4n) is 1.26. The van der Waals surface area contributed by atoms with Crippen LogP contribution in [0.2, 0.25) is 0 Å². The van der Waals surface area contributed by atoms with Crippen LogP contribution in [0.5, 0.6) is 0 Å². The van der Waals surface area contributed by atoms with Crippen molar-refractivity contribution in [2.45, 2.75) is 6.92 Å². The number of aryl methyl sites for hydroxylation is 1. The van der Waals surface area contributed by atoms with Gasteiger partial charge in [0.05, 0.1) is 6.26 Å². The van der Waals surface area contributed by atoms with Crippen molar-refractivity contribution in [3.63, 3.8) is 0 Å². The van der Waals surface area contributed by atoms with Gasteiger partial charge in [-0.2, -0.15) is 0 Å². The van der Waals surface area contributed by atoms with Gasteiger partial charge in [-0.3, -0.25) is 0 Å². The smallest absolute Gasteiger partial charge is 0.127 e. The van der Waals surface area contributed by atoms with E-state index in [1.54, 1.807) is 6.26 Å². The van der Waals surface area contributed by atoms with Crippen molar-refractivity contribution in [3.05, 3.63) is 65.6 Å². The van der Waals surface area contributed by atoms with E-state index in [2.05, 4.69) is 31.2 Å². The summed E-state index contributed by atoms with van der Waals surface area (Å²) in [4.78, 5) is 0. The first-order valence-corrected chi connectivity index (χ1v) is 4.63.